The van der Waals surface area contributed by atoms with Crippen molar-refractivity contribution in [3.63, 3.8) is 0 Å². The zero-order chi connectivity index (χ0) is 16.4. The molecule has 4 heteroatoms. The van der Waals surface area contributed by atoms with Gasteiger partial charge in [0.25, 0.3) is 0 Å². The molecule has 2 heterocycles. The number of para-hydroxylation sites is 2. The van der Waals surface area contributed by atoms with E-state index in [2.05, 4.69) is 34.2 Å². The summed E-state index contributed by atoms with van der Waals surface area (Å²) in [4.78, 5) is 6.12. The fraction of sp³-hybridized carbons (Fsp3) is 0.100. The summed E-state index contributed by atoms with van der Waals surface area (Å²) in [6.07, 6.45) is 0.807. The number of fused-ring (bicyclic) bond motifs is 1. The topological polar surface area (TPSA) is 41.6 Å². The minimum atomic E-state index is 0.658. The molecular formula is C20H15N3S. The molecule has 0 spiro atoms. The molecule has 116 valence electrons. The van der Waals surface area contributed by atoms with Gasteiger partial charge < -0.3 is 4.57 Å². The third-order valence-corrected chi connectivity index (χ3v) is 4.99. The lowest BCUT2D eigenvalue weighted by molar-refractivity contribution is 0.763. The van der Waals surface area contributed by atoms with Crippen LogP contribution in [0.2, 0.25) is 0 Å². The molecule has 2 aromatic heterocycles. The van der Waals surface area contributed by atoms with Gasteiger partial charge in [0.2, 0.25) is 0 Å². The standard InChI is InChI=1S/C20H15N3S/c21-13-15-6-1-2-7-16(15)14-23-19-10-4-3-9-18(19)22-20(23)12-17-8-5-11-24-17/h1-11H,12,14H2. The molecule has 3 nitrogen and oxygen atoms in total. The SMILES string of the molecule is N#Cc1ccccc1Cn1c(Cc2cccs2)nc2ccccc21. The van der Waals surface area contributed by atoms with Gasteiger partial charge in [0, 0.05) is 11.3 Å². The number of aromatic nitrogens is 2. The molecule has 0 bridgehead atoms. The van der Waals surface area contributed by atoms with Crippen molar-refractivity contribution in [1.82, 2.24) is 9.55 Å². The Bertz CT molecular complexity index is 1020. The third-order valence-electron chi connectivity index (χ3n) is 4.11. The second-order valence-electron chi connectivity index (χ2n) is 5.63. The maximum atomic E-state index is 9.36. The van der Waals surface area contributed by atoms with Crippen LogP contribution in [0.1, 0.15) is 21.8 Å². The van der Waals surface area contributed by atoms with Crippen LogP contribution in [0, 0.1) is 11.3 Å². The first kappa shape index (κ1) is 14.7. The van der Waals surface area contributed by atoms with Crippen molar-refractivity contribution in [1.29, 1.82) is 5.26 Å². The summed E-state index contributed by atoms with van der Waals surface area (Å²) in [5.74, 6) is 1.03. The van der Waals surface area contributed by atoms with E-state index in [4.69, 9.17) is 4.98 Å². The second kappa shape index (κ2) is 6.31. The van der Waals surface area contributed by atoms with E-state index in [1.165, 1.54) is 4.88 Å². The van der Waals surface area contributed by atoms with Crippen LogP contribution in [0.5, 0.6) is 0 Å². The first-order valence-electron chi connectivity index (χ1n) is 7.79. The molecule has 0 amide bonds. The number of imidazole rings is 1. The number of hydrogen-bond donors (Lipinski definition) is 0. The Kier molecular flexibility index (Phi) is 3.86. The van der Waals surface area contributed by atoms with E-state index in [-0.39, 0.29) is 0 Å². The average molecular weight is 329 g/mol. The highest BCUT2D eigenvalue weighted by molar-refractivity contribution is 7.09. The van der Waals surface area contributed by atoms with Gasteiger partial charge in [-0.3, -0.25) is 0 Å². The van der Waals surface area contributed by atoms with E-state index in [0.29, 0.717) is 6.54 Å². The van der Waals surface area contributed by atoms with Gasteiger partial charge in [-0.2, -0.15) is 5.26 Å². The van der Waals surface area contributed by atoms with Crippen LogP contribution in [0.4, 0.5) is 0 Å². The zero-order valence-corrected chi connectivity index (χ0v) is 13.8. The van der Waals surface area contributed by atoms with Crippen molar-refractivity contribution < 1.29 is 0 Å². The van der Waals surface area contributed by atoms with E-state index < -0.39 is 0 Å². The molecule has 0 aliphatic rings. The van der Waals surface area contributed by atoms with Crippen LogP contribution in [0.3, 0.4) is 0 Å². The first-order chi connectivity index (χ1) is 11.8. The number of benzene rings is 2. The minimum Gasteiger partial charge on any atom is -0.323 e. The van der Waals surface area contributed by atoms with Gasteiger partial charge in [-0.25, -0.2) is 4.98 Å². The highest BCUT2D eigenvalue weighted by atomic mass is 32.1. The monoisotopic (exact) mass is 329 g/mol. The van der Waals surface area contributed by atoms with Crippen LogP contribution < -0.4 is 0 Å². The minimum absolute atomic E-state index is 0.658. The molecule has 24 heavy (non-hydrogen) atoms. The highest BCUT2D eigenvalue weighted by Gasteiger charge is 2.13. The Morgan fingerprint density at radius 2 is 1.83 bits per heavy atom. The summed E-state index contributed by atoms with van der Waals surface area (Å²) in [6, 6.07) is 22.4. The van der Waals surface area contributed by atoms with Crippen LogP contribution in [0.25, 0.3) is 11.0 Å². The fourth-order valence-corrected chi connectivity index (χ4v) is 3.64. The van der Waals surface area contributed by atoms with E-state index in [1.54, 1.807) is 11.3 Å². The van der Waals surface area contributed by atoms with Crippen molar-refractivity contribution in [3.05, 3.63) is 87.9 Å². The summed E-state index contributed by atoms with van der Waals surface area (Å²) in [6.45, 7) is 0.658. The predicted molar refractivity (Wildman–Crippen MR) is 97.1 cm³/mol. The number of nitrogens with zero attached hydrogens (tertiary/aromatic N) is 3. The number of hydrogen-bond acceptors (Lipinski definition) is 3. The number of rotatable bonds is 4. The third kappa shape index (κ3) is 2.70. The molecule has 0 N–H and O–H groups in total. The van der Waals surface area contributed by atoms with Crippen molar-refractivity contribution in [2.75, 3.05) is 0 Å². The van der Waals surface area contributed by atoms with E-state index in [0.717, 1.165) is 34.4 Å². The molecule has 0 saturated carbocycles. The molecule has 0 aliphatic carbocycles. The van der Waals surface area contributed by atoms with Crippen LogP contribution in [-0.2, 0) is 13.0 Å². The molecule has 0 unspecified atom stereocenters. The number of thiophene rings is 1. The van der Waals surface area contributed by atoms with E-state index >= 15 is 0 Å². The Hall–Kier alpha value is -2.90. The van der Waals surface area contributed by atoms with Crippen LogP contribution in [-0.4, -0.2) is 9.55 Å². The zero-order valence-electron chi connectivity index (χ0n) is 13.0. The van der Waals surface area contributed by atoms with Gasteiger partial charge in [-0.15, -0.1) is 11.3 Å². The lowest BCUT2D eigenvalue weighted by atomic mass is 10.1. The molecule has 4 rings (SSSR count). The van der Waals surface area contributed by atoms with Crippen molar-refractivity contribution >= 4 is 22.4 Å². The molecule has 0 atom stereocenters. The van der Waals surface area contributed by atoms with Gasteiger partial charge in [-0.05, 0) is 35.2 Å². The van der Waals surface area contributed by atoms with E-state index in [9.17, 15) is 5.26 Å². The van der Waals surface area contributed by atoms with Crippen molar-refractivity contribution in [3.8, 4) is 6.07 Å². The van der Waals surface area contributed by atoms with Gasteiger partial charge >= 0.3 is 0 Å². The normalized spacial score (nSPS) is 10.8. The molecule has 0 saturated heterocycles. The lowest BCUT2D eigenvalue weighted by Crippen LogP contribution is -2.06. The molecular weight excluding hydrogens is 314 g/mol. The van der Waals surface area contributed by atoms with E-state index in [1.807, 2.05) is 42.5 Å². The summed E-state index contributed by atoms with van der Waals surface area (Å²) >= 11 is 1.74. The maximum absolute atomic E-state index is 9.36. The van der Waals surface area contributed by atoms with Crippen molar-refractivity contribution in [2.24, 2.45) is 0 Å². The summed E-state index contributed by atoms with van der Waals surface area (Å²) < 4.78 is 2.23. The second-order valence-corrected chi connectivity index (χ2v) is 6.66. The number of nitriles is 1. The first-order valence-corrected chi connectivity index (χ1v) is 8.67. The maximum Gasteiger partial charge on any atom is 0.115 e. The Labute approximate surface area is 144 Å². The molecule has 0 radical (unpaired) electrons. The Balaban J connectivity index is 1.82. The van der Waals surface area contributed by atoms with Gasteiger partial charge in [-0.1, -0.05) is 36.4 Å². The molecule has 4 aromatic rings. The largest absolute Gasteiger partial charge is 0.323 e. The van der Waals surface area contributed by atoms with Crippen molar-refractivity contribution in [2.45, 2.75) is 13.0 Å². The fourth-order valence-electron chi connectivity index (χ4n) is 2.94. The quantitative estimate of drug-likeness (QED) is 0.549. The predicted octanol–water partition coefficient (Wildman–Crippen LogP) is 4.61. The van der Waals surface area contributed by atoms with Gasteiger partial charge in [0.05, 0.1) is 29.2 Å². The molecule has 2 aromatic carbocycles. The lowest BCUT2D eigenvalue weighted by Gasteiger charge is -2.10. The average Bonchev–Trinajstić information content (AvgIpc) is 3.24. The molecule has 0 fully saturated rings. The summed E-state index contributed by atoms with van der Waals surface area (Å²) in [5.41, 5.74) is 3.85. The Morgan fingerprint density at radius 1 is 1.00 bits per heavy atom. The molecule has 0 aliphatic heterocycles. The Morgan fingerprint density at radius 3 is 2.67 bits per heavy atom. The highest BCUT2D eigenvalue weighted by Crippen LogP contribution is 2.22. The summed E-state index contributed by atoms with van der Waals surface area (Å²) in [7, 11) is 0. The smallest absolute Gasteiger partial charge is 0.115 e. The van der Waals surface area contributed by atoms with Gasteiger partial charge in [0.1, 0.15) is 5.82 Å². The van der Waals surface area contributed by atoms with Gasteiger partial charge in [0.15, 0.2) is 0 Å². The van der Waals surface area contributed by atoms with Crippen LogP contribution >= 0.6 is 11.3 Å². The summed E-state index contributed by atoms with van der Waals surface area (Å²) in [5, 5.41) is 11.5. The van der Waals surface area contributed by atoms with Crippen LogP contribution in [0.15, 0.2) is 66.0 Å².